The number of nitrogens with two attached hydrogens (primary N) is 1. The Balaban J connectivity index is 1.68. The van der Waals surface area contributed by atoms with Crippen molar-refractivity contribution < 1.29 is 22.0 Å². The summed E-state index contributed by atoms with van der Waals surface area (Å²) in [5.74, 6) is -1.52. The van der Waals surface area contributed by atoms with Crippen molar-refractivity contribution in [1.82, 2.24) is 15.3 Å². The van der Waals surface area contributed by atoms with Crippen LogP contribution in [0.25, 0.3) is 32.1 Å². The summed E-state index contributed by atoms with van der Waals surface area (Å²) in [6, 6.07) is 5.04. The number of rotatable bonds is 2. The Kier molecular flexibility index (Phi) is 5.29. The Bertz CT molecular complexity index is 1630. The molecule has 2 aliphatic rings. The maximum atomic E-state index is 16.3. The van der Waals surface area contributed by atoms with Gasteiger partial charge in [0.15, 0.2) is 5.82 Å². The van der Waals surface area contributed by atoms with Crippen LogP contribution >= 0.6 is 11.3 Å². The van der Waals surface area contributed by atoms with Crippen LogP contribution < -0.4 is 16.0 Å². The number of thiophene rings is 1. The van der Waals surface area contributed by atoms with E-state index in [0.29, 0.717) is 13.1 Å². The molecule has 0 unspecified atom stereocenters. The van der Waals surface area contributed by atoms with Crippen LogP contribution in [0.1, 0.15) is 29.8 Å². The highest BCUT2D eigenvalue weighted by Crippen LogP contribution is 2.47. The van der Waals surface area contributed by atoms with Gasteiger partial charge in [0.05, 0.1) is 15.8 Å². The fraction of sp³-hybridized carbons (Fsp3) is 0.320. The Hall–Kier alpha value is -3.56. The molecule has 0 amide bonds. The van der Waals surface area contributed by atoms with Crippen molar-refractivity contribution in [2.75, 3.05) is 23.7 Å². The number of alkyl halides is 3. The van der Waals surface area contributed by atoms with Gasteiger partial charge in [-0.3, -0.25) is 0 Å². The smallest absolute Gasteiger partial charge is 0.389 e. The molecule has 2 aromatic heterocycles. The average molecular weight is 531 g/mol. The van der Waals surface area contributed by atoms with Crippen molar-refractivity contribution >= 4 is 43.1 Å². The minimum absolute atomic E-state index is 0.0517. The average Bonchev–Trinajstić information content (AvgIpc) is 3.36. The van der Waals surface area contributed by atoms with E-state index >= 15 is 4.39 Å². The number of aryl methyl sites for hydroxylation is 1. The summed E-state index contributed by atoms with van der Waals surface area (Å²) in [6.45, 7) is 2.62. The van der Waals surface area contributed by atoms with Crippen molar-refractivity contribution in [2.24, 2.45) is 0 Å². The fourth-order valence-corrected chi connectivity index (χ4v) is 6.48. The van der Waals surface area contributed by atoms with Gasteiger partial charge in [-0.15, -0.1) is 11.3 Å². The van der Waals surface area contributed by atoms with Crippen LogP contribution in [-0.4, -0.2) is 35.1 Å². The summed E-state index contributed by atoms with van der Waals surface area (Å²) in [4.78, 5) is 10.5. The molecule has 2 fully saturated rings. The highest BCUT2D eigenvalue weighted by atomic mass is 32.1. The Labute approximate surface area is 211 Å². The number of fused-ring (bicyclic) bond motifs is 4. The van der Waals surface area contributed by atoms with E-state index in [1.54, 1.807) is 6.92 Å². The second-order valence-electron chi connectivity index (χ2n) is 9.40. The third-order valence-electron chi connectivity index (χ3n) is 7.04. The highest BCUT2D eigenvalue weighted by Gasteiger charge is 2.39. The molecule has 2 atom stereocenters. The first kappa shape index (κ1) is 23.8. The van der Waals surface area contributed by atoms with Gasteiger partial charge in [-0.25, -0.2) is 18.7 Å². The van der Waals surface area contributed by atoms with Crippen molar-refractivity contribution in [3.05, 3.63) is 46.8 Å². The Morgan fingerprint density at radius 2 is 1.86 bits per heavy atom. The number of anilines is 2. The second kappa shape index (κ2) is 8.22. The van der Waals surface area contributed by atoms with Crippen molar-refractivity contribution in [2.45, 2.75) is 38.0 Å². The lowest BCUT2D eigenvalue weighted by molar-refractivity contribution is -0.137. The van der Waals surface area contributed by atoms with Crippen LogP contribution in [0.2, 0.25) is 0 Å². The molecule has 0 spiro atoms. The molecular weight excluding hydrogens is 511 g/mol. The maximum absolute atomic E-state index is 16.3. The number of hydrogen-bond donors (Lipinski definition) is 2. The number of piperazine rings is 1. The summed E-state index contributed by atoms with van der Waals surface area (Å²) in [7, 11) is 0. The summed E-state index contributed by atoms with van der Waals surface area (Å²) < 4.78 is 74.3. The van der Waals surface area contributed by atoms with Crippen molar-refractivity contribution in [1.29, 1.82) is 5.26 Å². The SMILES string of the molecule is Cc1nc(N2C[C@H]3CC[C@@H](C2)N3)c2cc(C(F)(F)F)c(-c3ccc(F)c4sc(N)c(C#N)c34)c(F)c2n1. The van der Waals surface area contributed by atoms with E-state index in [2.05, 4.69) is 15.3 Å². The number of aromatic nitrogens is 2. The zero-order valence-corrected chi connectivity index (χ0v) is 20.2. The predicted octanol–water partition coefficient (Wildman–Crippen LogP) is 5.51. The third kappa shape index (κ3) is 3.67. The van der Waals surface area contributed by atoms with E-state index < -0.39 is 28.9 Å². The van der Waals surface area contributed by atoms with Gasteiger partial charge < -0.3 is 16.0 Å². The number of nitrogen functional groups attached to an aromatic ring is 1. The van der Waals surface area contributed by atoms with E-state index in [1.807, 2.05) is 11.0 Å². The molecule has 4 heterocycles. The van der Waals surface area contributed by atoms with Crippen molar-refractivity contribution in [3.63, 3.8) is 0 Å². The lowest BCUT2D eigenvalue weighted by atomic mass is 9.92. The molecule has 6 nitrogen and oxygen atoms in total. The topological polar surface area (TPSA) is 90.9 Å². The number of nitrogens with zero attached hydrogens (tertiary/aromatic N) is 4. The van der Waals surface area contributed by atoms with E-state index in [9.17, 15) is 22.8 Å². The first-order valence-electron chi connectivity index (χ1n) is 11.6. The lowest BCUT2D eigenvalue weighted by Crippen LogP contribution is -2.51. The van der Waals surface area contributed by atoms with Crippen LogP contribution in [0.15, 0.2) is 18.2 Å². The maximum Gasteiger partial charge on any atom is 0.417 e. The molecule has 190 valence electrons. The zero-order chi connectivity index (χ0) is 26.2. The zero-order valence-electron chi connectivity index (χ0n) is 19.4. The number of nitrogens with one attached hydrogen (secondary N) is 1. The van der Waals surface area contributed by atoms with Gasteiger partial charge in [-0.2, -0.15) is 18.4 Å². The number of halogens is 5. The quantitative estimate of drug-likeness (QED) is 0.332. The minimum atomic E-state index is -4.97. The molecular formula is C25H19F5N6S. The van der Waals surface area contributed by atoms with E-state index in [4.69, 9.17) is 5.73 Å². The van der Waals surface area contributed by atoms with Crippen LogP contribution in [0.4, 0.5) is 32.8 Å². The molecule has 0 aliphatic carbocycles. The summed E-state index contributed by atoms with van der Waals surface area (Å²) in [5, 5.41) is 12.8. The Morgan fingerprint density at radius 3 is 2.51 bits per heavy atom. The van der Waals surface area contributed by atoms with Crippen LogP contribution in [0, 0.1) is 29.9 Å². The molecule has 0 radical (unpaired) electrons. The Morgan fingerprint density at radius 1 is 1.16 bits per heavy atom. The van der Waals surface area contributed by atoms with Gasteiger partial charge in [-0.05, 0) is 37.5 Å². The largest absolute Gasteiger partial charge is 0.417 e. The van der Waals surface area contributed by atoms with Gasteiger partial charge in [0, 0.05) is 41.5 Å². The van der Waals surface area contributed by atoms with Gasteiger partial charge in [-0.1, -0.05) is 6.07 Å². The predicted molar refractivity (Wildman–Crippen MR) is 131 cm³/mol. The molecule has 2 aromatic carbocycles. The van der Waals surface area contributed by atoms with Gasteiger partial charge in [0.2, 0.25) is 0 Å². The molecule has 0 saturated carbocycles. The molecule has 6 rings (SSSR count). The molecule has 2 aliphatic heterocycles. The van der Waals surface area contributed by atoms with Gasteiger partial charge in [0.1, 0.15) is 34.0 Å². The number of hydrogen-bond acceptors (Lipinski definition) is 7. The van der Waals surface area contributed by atoms with Crippen molar-refractivity contribution in [3.8, 4) is 17.2 Å². The fourth-order valence-electron chi connectivity index (χ4n) is 5.53. The summed E-state index contributed by atoms with van der Waals surface area (Å²) in [5.41, 5.74) is 3.07. The van der Waals surface area contributed by atoms with Crippen LogP contribution in [-0.2, 0) is 6.18 Å². The standard InChI is InChI=1S/C25H19F5N6S/c1-10-33-21-14(24(34-10)36-8-11-2-3-12(9-36)35-11)6-16(25(28,29)30)19(20(21)27)13-4-5-17(26)22-18(13)15(7-31)23(32)37-22/h4-6,11-12,35H,2-3,8-9,32H2,1H3/t11-,12+. The van der Waals surface area contributed by atoms with Crippen LogP contribution in [0.3, 0.4) is 0 Å². The second-order valence-corrected chi connectivity index (χ2v) is 10.4. The monoisotopic (exact) mass is 530 g/mol. The van der Waals surface area contributed by atoms with E-state index in [0.717, 1.165) is 42.4 Å². The molecule has 2 saturated heterocycles. The number of nitriles is 1. The summed E-state index contributed by atoms with van der Waals surface area (Å²) >= 11 is 0.730. The van der Waals surface area contributed by atoms with Crippen LogP contribution in [0.5, 0.6) is 0 Å². The van der Waals surface area contributed by atoms with Gasteiger partial charge in [0.25, 0.3) is 0 Å². The molecule has 12 heteroatoms. The number of benzene rings is 2. The summed E-state index contributed by atoms with van der Waals surface area (Å²) in [6.07, 6.45) is -3.08. The molecule has 2 bridgehead atoms. The first-order chi connectivity index (χ1) is 17.6. The molecule has 4 aromatic rings. The van der Waals surface area contributed by atoms with E-state index in [1.165, 1.54) is 0 Å². The first-order valence-corrected chi connectivity index (χ1v) is 12.4. The highest BCUT2D eigenvalue weighted by molar-refractivity contribution is 7.23. The minimum Gasteiger partial charge on any atom is -0.389 e. The normalized spacial score (nSPS) is 19.6. The van der Waals surface area contributed by atoms with Gasteiger partial charge >= 0.3 is 6.18 Å². The lowest BCUT2D eigenvalue weighted by Gasteiger charge is -2.34. The third-order valence-corrected chi connectivity index (χ3v) is 8.07. The van der Waals surface area contributed by atoms with E-state index in [-0.39, 0.29) is 60.8 Å². The molecule has 3 N–H and O–H groups in total. The molecule has 37 heavy (non-hydrogen) atoms.